The minimum atomic E-state index is -0.175. The molecule has 0 aliphatic heterocycles. The fourth-order valence-corrected chi connectivity index (χ4v) is 1.88. The Hall–Kier alpha value is -0.440. The van der Waals surface area contributed by atoms with E-state index in [-0.39, 0.29) is 12.0 Å². The van der Waals surface area contributed by atoms with Gasteiger partial charge in [-0.1, -0.05) is 11.6 Å². The van der Waals surface area contributed by atoms with E-state index in [1.165, 1.54) is 0 Å². The first-order chi connectivity index (χ1) is 7.19. The summed E-state index contributed by atoms with van der Waals surface area (Å²) in [6.07, 6.45) is 1.37. The predicted octanol–water partition coefficient (Wildman–Crippen LogP) is 3.40. The zero-order valence-electron chi connectivity index (χ0n) is 8.54. The van der Waals surface area contributed by atoms with E-state index in [2.05, 4.69) is 0 Å². The number of ether oxygens (including phenoxy) is 1. The topological polar surface area (TPSA) is 29.5 Å². The highest BCUT2D eigenvalue weighted by Crippen LogP contribution is 2.34. The van der Waals surface area contributed by atoms with E-state index in [9.17, 15) is 0 Å². The van der Waals surface area contributed by atoms with Crippen molar-refractivity contribution in [2.24, 2.45) is 0 Å². The van der Waals surface area contributed by atoms with Crippen LogP contribution in [0.2, 0.25) is 5.02 Å². The third-order valence-electron chi connectivity index (χ3n) is 2.14. The van der Waals surface area contributed by atoms with Gasteiger partial charge in [0.05, 0.1) is 12.5 Å². The molecule has 1 N–H and O–H groups in total. The number of aliphatic hydroxyl groups excluding tert-OH is 1. The molecule has 0 heterocycles. The van der Waals surface area contributed by atoms with Crippen molar-refractivity contribution in [2.45, 2.75) is 18.2 Å². The van der Waals surface area contributed by atoms with Gasteiger partial charge in [0.25, 0.3) is 0 Å². The van der Waals surface area contributed by atoms with Gasteiger partial charge in [-0.15, -0.1) is 11.6 Å². The molecular formula is C11H14Cl2O2. The Labute approximate surface area is 99.8 Å². The summed E-state index contributed by atoms with van der Waals surface area (Å²) in [4.78, 5) is 0. The lowest BCUT2D eigenvalue weighted by Gasteiger charge is -2.13. The van der Waals surface area contributed by atoms with Crippen LogP contribution in [-0.2, 0) is 0 Å². The van der Waals surface area contributed by atoms with E-state index in [0.717, 1.165) is 11.3 Å². The zero-order valence-corrected chi connectivity index (χ0v) is 10.1. The standard InChI is InChI=1S/C11H14Cl2O2/c1-15-11-5-4-8(12)7-9(11)10(13)3-2-6-14/h4-5,7,10,14H,2-3,6H2,1H3. The van der Waals surface area contributed by atoms with Crippen LogP contribution in [0.15, 0.2) is 18.2 Å². The summed E-state index contributed by atoms with van der Waals surface area (Å²) in [6, 6.07) is 5.36. The molecule has 84 valence electrons. The normalized spacial score (nSPS) is 12.5. The Morgan fingerprint density at radius 3 is 2.80 bits per heavy atom. The summed E-state index contributed by atoms with van der Waals surface area (Å²) in [6.45, 7) is 0.145. The Kier molecular flexibility index (Phi) is 5.23. The second-order valence-corrected chi connectivity index (χ2v) is 4.18. The van der Waals surface area contributed by atoms with Crippen molar-refractivity contribution in [2.75, 3.05) is 13.7 Å². The highest BCUT2D eigenvalue weighted by atomic mass is 35.5. The first kappa shape index (κ1) is 12.6. The molecule has 4 heteroatoms. The molecule has 0 saturated carbocycles. The molecule has 0 fully saturated rings. The number of aliphatic hydroxyl groups is 1. The number of rotatable bonds is 5. The maximum Gasteiger partial charge on any atom is 0.123 e. The summed E-state index contributed by atoms with van der Waals surface area (Å²) in [5, 5.41) is 9.19. The van der Waals surface area contributed by atoms with Crippen molar-refractivity contribution in [3.05, 3.63) is 28.8 Å². The van der Waals surface area contributed by atoms with Crippen molar-refractivity contribution < 1.29 is 9.84 Å². The van der Waals surface area contributed by atoms with E-state index < -0.39 is 0 Å². The van der Waals surface area contributed by atoms with Gasteiger partial charge in [0.15, 0.2) is 0 Å². The van der Waals surface area contributed by atoms with Gasteiger partial charge in [-0.2, -0.15) is 0 Å². The Morgan fingerprint density at radius 2 is 2.20 bits per heavy atom. The maximum absolute atomic E-state index is 8.73. The lowest BCUT2D eigenvalue weighted by Crippen LogP contribution is -1.97. The van der Waals surface area contributed by atoms with Crippen LogP contribution in [0.25, 0.3) is 0 Å². The van der Waals surface area contributed by atoms with Gasteiger partial charge in [-0.05, 0) is 31.0 Å². The van der Waals surface area contributed by atoms with E-state index >= 15 is 0 Å². The first-order valence-electron chi connectivity index (χ1n) is 4.77. The van der Waals surface area contributed by atoms with Crippen LogP contribution in [0.4, 0.5) is 0 Å². The summed E-state index contributed by atoms with van der Waals surface area (Å²) in [5.74, 6) is 0.734. The minimum Gasteiger partial charge on any atom is -0.496 e. The van der Waals surface area contributed by atoms with Gasteiger partial charge in [0.2, 0.25) is 0 Å². The van der Waals surface area contributed by atoms with Crippen LogP contribution >= 0.6 is 23.2 Å². The molecule has 1 aromatic carbocycles. The largest absolute Gasteiger partial charge is 0.496 e. The van der Waals surface area contributed by atoms with Gasteiger partial charge < -0.3 is 9.84 Å². The molecule has 0 radical (unpaired) electrons. The number of methoxy groups -OCH3 is 1. The van der Waals surface area contributed by atoms with Crippen molar-refractivity contribution in [3.8, 4) is 5.75 Å². The summed E-state index contributed by atoms with van der Waals surface area (Å²) in [5.41, 5.74) is 0.875. The average Bonchev–Trinajstić information content (AvgIpc) is 2.25. The molecule has 1 rings (SSSR count). The highest BCUT2D eigenvalue weighted by Gasteiger charge is 2.13. The molecule has 0 aromatic heterocycles. The van der Waals surface area contributed by atoms with E-state index in [1.807, 2.05) is 0 Å². The van der Waals surface area contributed by atoms with Gasteiger partial charge in [-0.3, -0.25) is 0 Å². The number of hydrogen-bond acceptors (Lipinski definition) is 2. The minimum absolute atomic E-state index is 0.145. The average molecular weight is 249 g/mol. The fraction of sp³-hybridized carbons (Fsp3) is 0.455. The van der Waals surface area contributed by atoms with E-state index in [4.69, 9.17) is 33.0 Å². The monoisotopic (exact) mass is 248 g/mol. The second-order valence-electron chi connectivity index (χ2n) is 3.22. The predicted molar refractivity (Wildman–Crippen MR) is 62.9 cm³/mol. The summed E-state index contributed by atoms with van der Waals surface area (Å²) >= 11 is 12.1. The van der Waals surface area contributed by atoms with E-state index in [1.54, 1.807) is 25.3 Å². The molecule has 0 aliphatic carbocycles. The molecule has 15 heavy (non-hydrogen) atoms. The third-order valence-corrected chi connectivity index (χ3v) is 2.83. The van der Waals surface area contributed by atoms with Crippen molar-refractivity contribution in [3.63, 3.8) is 0 Å². The molecule has 0 saturated heterocycles. The lowest BCUT2D eigenvalue weighted by atomic mass is 10.1. The molecule has 0 spiro atoms. The molecule has 0 aliphatic rings. The molecule has 1 atom stereocenters. The number of benzene rings is 1. The number of hydrogen-bond donors (Lipinski definition) is 1. The molecular weight excluding hydrogens is 235 g/mol. The molecule has 0 bridgehead atoms. The lowest BCUT2D eigenvalue weighted by molar-refractivity contribution is 0.283. The van der Waals surface area contributed by atoms with Crippen LogP contribution < -0.4 is 4.74 Å². The van der Waals surface area contributed by atoms with Gasteiger partial charge >= 0.3 is 0 Å². The quantitative estimate of drug-likeness (QED) is 0.810. The van der Waals surface area contributed by atoms with Crippen LogP contribution in [-0.4, -0.2) is 18.8 Å². The van der Waals surface area contributed by atoms with Crippen molar-refractivity contribution >= 4 is 23.2 Å². The van der Waals surface area contributed by atoms with Crippen LogP contribution in [0.1, 0.15) is 23.8 Å². The Bertz CT molecular complexity index is 315. The van der Waals surface area contributed by atoms with Gasteiger partial charge in [0, 0.05) is 17.2 Å². The zero-order chi connectivity index (χ0) is 11.3. The summed E-state index contributed by atoms with van der Waals surface area (Å²) < 4.78 is 5.20. The van der Waals surface area contributed by atoms with Crippen LogP contribution in [0, 0.1) is 0 Å². The molecule has 1 aromatic rings. The highest BCUT2D eigenvalue weighted by molar-refractivity contribution is 6.30. The first-order valence-corrected chi connectivity index (χ1v) is 5.59. The molecule has 2 nitrogen and oxygen atoms in total. The second kappa shape index (κ2) is 6.21. The smallest absolute Gasteiger partial charge is 0.123 e. The SMILES string of the molecule is COc1ccc(Cl)cc1C(Cl)CCCO. The van der Waals surface area contributed by atoms with Crippen LogP contribution in [0.5, 0.6) is 5.75 Å². The Morgan fingerprint density at radius 1 is 1.47 bits per heavy atom. The number of halogens is 2. The van der Waals surface area contributed by atoms with Gasteiger partial charge in [0.1, 0.15) is 5.75 Å². The third kappa shape index (κ3) is 3.56. The van der Waals surface area contributed by atoms with Gasteiger partial charge in [-0.25, -0.2) is 0 Å². The van der Waals surface area contributed by atoms with Crippen molar-refractivity contribution in [1.29, 1.82) is 0 Å². The molecule has 0 amide bonds. The summed E-state index contributed by atoms with van der Waals surface area (Å²) in [7, 11) is 1.60. The molecule has 1 unspecified atom stereocenters. The van der Waals surface area contributed by atoms with E-state index in [0.29, 0.717) is 17.9 Å². The van der Waals surface area contributed by atoms with Crippen LogP contribution in [0.3, 0.4) is 0 Å². The number of alkyl halides is 1. The Balaban J connectivity index is 2.85. The fourth-order valence-electron chi connectivity index (χ4n) is 1.38. The van der Waals surface area contributed by atoms with Crippen molar-refractivity contribution in [1.82, 2.24) is 0 Å². The maximum atomic E-state index is 8.73.